The highest BCUT2D eigenvalue weighted by Gasteiger charge is 2.23. The van der Waals surface area contributed by atoms with Crippen molar-refractivity contribution in [1.29, 1.82) is 0 Å². The molecule has 0 fully saturated rings. The summed E-state index contributed by atoms with van der Waals surface area (Å²) in [5.74, 6) is -2.57. The number of aromatic amines is 2. The molecule has 0 aliphatic rings. The first kappa shape index (κ1) is 24.2. The lowest BCUT2D eigenvalue weighted by Crippen LogP contribution is -2.09. The maximum atomic E-state index is 13.0. The van der Waals surface area contributed by atoms with Gasteiger partial charge in [0.15, 0.2) is 0 Å². The van der Waals surface area contributed by atoms with Crippen molar-refractivity contribution in [3.8, 4) is 11.8 Å². The average Bonchev–Trinajstić information content (AvgIpc) is 3.54. The topological polar surface area (TPSA) is 110 Å². The number of carbonyl (C=O) groups is 3. The van der Waals surface area contributed by atoms with E-state index in [0.717, 1.165) is 6.08 Å². The summed E-state index contributed by atoms with van der Waals surface area (Å²) in [5.41, 5.74) is 0.534. The number of hydrogen-bond donors (Lipinski definition) is 2. The minimum absolute atomic E-state index is 0.00749. The number of nitrogens with one attached hydrogen (secondary N) is 2. The van der Waals surface area contributed by atoms with E-state index in [1.807, 2.05) is 0 Å². The Kier molecular flexibility index (Phi) is 7.40. The van der Waals surface area contributed by atoms with E-state index in [-0.39, 0.29) is 23.1 Å². The van der Waals surface area contributed by atoms with Gasteiger partial charge in [0, 0.05) is 18.2 Å². The fourth-order valence-corrected chi connectivity index (χ4v) is 3.09. The summed E-state index contributed by atoms with van der Waals surface area (Å²) >= 11 is 0. The number of H-pyrrole nitrogens is 2. The van der Waals surface area contributed by atoms with E-state index in [2.05, 4.69) is 14.6 Å². The number of rotatable bonds is 9. The Bertz CT molecular complexity index is 1400. The van der Waals surface area contributed by atoms with Crippen LogP contribution in [0, 0.1) is 0 Å². The van der Waals surface area contributed by atoms with E-state index >= 15 is 0 Å². The van der Waals surface area contributed by atoms with Crippen LogP contribution in [0.25, 0.3) is 5.76 Å². The molecule has 4 aromatic rings. The molecule has 0 aliphatic carbocycles. The summed E-state index contributed by atoms with van der Waals surface area (Å²) in [5, 5.41) is 0. The standard InChI is InChI=1S/C25H17BF2N2O6/c27-26(28)36-21(19-12-14-23(30-19)35-25(33)17-9-5-2-6-10-17)15-20(31)18-11-13-22(29-18)34-24(32)16-7-3-1-4-8-16/h1-15,29-30H/b21-15-. The van der Waals surface area contributed by atoms with Gasteiger partial charge in [0.05, 0.1) is 22.5 Å². The van der Waals surface area contributed by atoms with Crippen molar-refractivity contribution in [1.82, 2.24) is 9.97 Å². The number of ether oxygens (including phenoxy) is 2. The van der Waals surface area contributed by atoms with Crippen LogP contribution in [0.5, 0.6) is 11.8 Å². The largest absolute Gasteiger partial charge is 0.796 e. The van der Waals surface area contributed by atoms with E-state index in [1.54, 1.807) is 60.7 Å². The second-order valence-electron chi connectivity index (χ2n) is 7.23. The van der Waals surface area contributed by atoms with Crippen LogP contribution in [0.2, 0.25) is 0 Å². The van der Waals surface area contributed by atoms with Crippen LogP contribution < -0.4 is 9.47 Å². The van der Waals surface area contributed by atoms with Crippen LogP contribution in [0.1, 0.15) is 36.9 Å². The Labute approximate surface area is 203 Å². The summed E-state index contributed by atoms with van der Waals surface area (Å²) in [4.78, 5) is 42.3. The lowest BCUT2D eigenvalue weighted by molar-refractivity contribution is 0.0718. The van der Waals surface area contributed by atoms with Gasteiger partial charge in [-0.1, -0.05) is 36.4 Å². The molecule has 0 saturated carbocycles. The summed E-state index contributed by atoms with van der Waals surface area (Å²) in [7, 11) is -3.23. The average molecular weight is 490 g/mol. The molecule has 36 heavy (non-hydrogen) atoms. The van der Waals surface area contributed by atoms with Crippen LogP contribution in [0.15, 0.2) is 91.0 Å². The molecule has 180 valence electrons. The number of esters is 2. The zero-order valence-corrected chi connectivity index (χ0v) is 18.4. The van der Waals surface area contributed by atoms with E-state index in [1.165, 1.54) is 24.3 Å². The van der Waals surface area contributed by atoms with E-state index in [0.29, 0.717) is 11.1 Å². The van der Waals surface area contributed by atoms with Gasteiger partial charge in [-0.3, -0.25) is 4.79 Å². The van der Waals surface area contributed by atoms with Gasteiger partial charge in [-0.2, -0.15) is 0 Å². The van der Waals surface area contributed by atoms with Gasteiger partial charge < -0.3 is 24.1 Å². The Hall–Kier alpha value is -4.93. The van der Waals surface area contributed by atoms with Crippen LogP contribution in [0.4, 0.5) is 8.63 Å². The summed E-state index contributed by atoms with van der Waals surface area (Å²) in [6.45, 7) is 0. The quantitative estimate of drug-likeness (QED) is 0.113. The number of carbonyl (C=O) groups excluding carboxylic acids is 3. The van der Waals surface area contributed by atoms with Gasteiger partial charge in [-0.05, 0) is 36.4 Å². The van der Waals surface area contributed by atoms with Crippen molar-refractivity contribution < 1.29 is 37.1 Å². The second-order valence-corrected chi connectivity index (χ2v) is 7.23. The third kappa shape index (κ3) is 6.14. The zero-order chi connectivity index (χ0) is 25.5. The number of halogens is 2. The number of ketones is 1. The summed E-state index contributed by atoms with van der Waals surface area (Å²) in [6, 6.07) is 21.7. The molecule has 2 heterocycles. The minimum atomic E-state index is -3.23. The van der Waals surface area contributed by atoms with Gasteiger partial charge in [0.2, 0.25) is 17.5 Å². The Morgan fingerprint density at radius 2 is 1.14 bits per heavy atom. The SMILES string of the molecule is O=C(Oc1ccc(C(=O)/C=C(\OB(F)F)c2ccc(OC(=O)c3ccccc3)[nH]2)[nH]1)c1ccccc1. The maximum Gasteiger partial charge on any atom is 0.796 e. The molecule has 11 heteroatoms. The number of benzene rings is 2. The summed E-state index contributed by atoms with van der Waals surface area (Å²) in [6.07, 6.45) is 0.829. The highest BCUT2D eigenvalue weighted by molar-refractivity contribution is 6.36. The molecule has 0 bridgehead atoms. The molecule has 0 amide bonds. The van der Waals surface area contributed by atoms with Crippen LogP contribution in [-0.4, -0.2) is 35.2 Å². The molecule has 2 aromatic carbocycles. The monoisotopic (exact) mass is 490 g/mol. The molecular weight excluding hydrogens is 473 g/mol. The smallest absolute Gasteiger partial charge is 0.503 e. The van der Waals surface area contributed by atoms with Crippen LogP contribution >= 0.6 is 0 Å². The van der Waals surface area contributed by atoms with E-state index in [9.17, 15) is 23.0 Å². The van der Waals surface area contributed by atoms with Crippen molar-refractivity contribution in [2.75, 3.05) is 0 Å². The number of allylic oxidation sites excluding steroid dienone is 1. The van der Waals surface area contributed by atoms with Gasteiger partial charge >= 0.3 is 19.4 Å². The van der Waals surface area contributed by atoms with Gasteiger partial charge in [-0.25, -0.2) is 18.2 Å². The molecule has 0 radical (unpaired) electrons. The fraction of sp³-hybridized carbons (Fsp3) is 0. The molecule has 0 spiro atoms. The molecule has 8 nitrogen and oxygen atoms in total. The number of hydrogen-bond acceptors (Lipinski definition) is 6. The normalized spacial score (nSPS) is 11.0. The zero-order valence-electron chi connectivity index (χ0n) is 18.4. The highest BCUT2D eigenvalue weighted by Crippen LogP contribution is 2.23. The molecule has 2 aromatic heterocycles. The second kappa shape index (κ2) is 11.0. The fourth-order valence-electron chi connectivity index (χ4n) is 3.09. The van der Waals surface area contributed by atoms with Crippen molar-refractivity contribution in [2.24, 2.45) is 0 Å². The molecule has 4 rings (SSSR count). The lowest BCUT2D eigenvalue weighted by atomic mass is 10.2. The predicted octanol–water partition coefficient (Wildman–Crippen LogP) is 4.95. The third-order valence-corrected chi connectivity index (χ3v) is 4.75. The van der Waals surface area contributed by atoms with Crippen molar-refractivity contribution in [3.63, 3.8) is 0 Å². The Balaban J connectivity index is 1.48. The molecule has 2 N–H and O–H groups in total. The first-order chi connectivity index (χ1) is 17.4. The summed E-state index contributed by atoms with van der Waals surface area (Å²) < 4.78 is 40.9. The third-order valence-electron chi connectivity index (χ3n) is 4.75. The van der Waals surface area contributed by atoms with Crippen LogP contribution in [-0.2, 0) is 4.65 Å². The van der Waals surface area contributed by atoms with Crippen molar-refractivity contribution in [2.45, 2.75) is 0 Å². The first-order valence-electron chi connectivity index (χ1n) is 10.5. The Morgan fingerprint density at radius 1 is 0.667 bits per heavy atom. The lowest BCUT2D eigenvalue weighted by Gasteiger charge is -2.07. The van der Waals surface area contributed by atoms with E-state index in [4.69, 9.17) is 9.47 Å². The minimum Gasteiger partial charge on any atom is -0.503 e. The molecule has 0 aliphatic heterocycles. The van der Waals surface area contributed by atoms with Crippen LogP contribution in [0.3, 0.4) is 0 Å². The van der Waals surface area contributed by atoms with Crippen molar-refractivity contribution >= 4 is 31.0 Å². The molecule has 0 atom stereocenters. The molecular formula is C25H17BF2N2O6. The molecule has 0 unspecified atom stereocenters. The van der Waals surface area contributed by atoms with Crippen molar-refractivity contribution in [3.05, 3.63) is 114 Å². The highest BCUT2D eigenvalue weighted by atomic mass is 19.2. The number of aromatic nitrogens is 2. The predicted molar refractivity (Wildman–Crippen MR) is 126 cm³/mol. The molecule has 0 saturated heterocycles. The first-order valence-corrected chi connectivity index (χ1v) is 10.5. The van der Waals surface area contributed by atoms with Gasteiger partial charge in [0.1, 0.15) is 5.76 Å². The Morgan fingerprint density at radius 3 is 1.64 bits per heavy atom. The van der Waals surface area contributed by atoms with Gasteiger partial charge in [-0.15, -0.1) is 0 Å². The van der Waals surface area contributed by atoms with Gasteiger partial charge in [0.25, 0.3) is 0 Å². The maximum absolute atomic E-state index is 13.0. The van der Waals surface area contributed by atoms with E-state index < -0.39 is 31.0 Å².